The Morgan fingerprint density at radius 2 is 0.381 bits per heavy atom. The fourth-order valence-corrected chi connectivity index (χ4v) is 14.4. The van der Waals surface area contributed by atoms with Crippen molar-refractivity contribution in [1.29, 1.82) is 0 Å². The zero-order chi connectivity index (χ0) is 76.7. The van der Waals surface area contributed by atoms with Gasteiger partial charge in [-0.05, 0) is 198 Å². The highest BCUT2D eigenvalue weighted by Crippen LogP contribution is 2.40. The predicted molar refractivity (Wildman–Crippen MR) is 466 cm³/mol. The first-order valence-corrected chi connectivity index (χ1v) is 38.3. The molecule has 0 aliphatic rings. The molecule has 11 nitrogen and oxygen atoms in total. The van der Waals surface area contributed by atoms with E-state index < -0.39 is 7.12 Å². The average Bonchev–Trinajstić information content (AvgIpc) is 0.780. The molecule has 13 aromatic carbocycles. The molecule has 5 heterocycles. The summed E-state index contributed by atoms with van der Waals surface area (Å²) in [5, 5.41) is 18.1. The summed E-state index contributed by atoms with van der Waals surface area (Å²) in [4.78, 5) is 43.3. The first-order chi connectivity index (χ1) is 55.6. The smallest absolute Gasteiger partial charge is 0.423 e. The molecule has 0 radical (unpaired) electrons. The molecule has 113 heavy (non-hydrogen) atoms. The molecule has 18 rings (SSSR count). The van der Waals surface area contributed by atoms with Crippen LogP contribution in [0.4, 0.5) is 0 Å². The van der Waals surface area contributed by atoms with Crippen LogP contribution in [0, 0.1) is 0 Å². The summed E-state index contributed by atoms with van der Waals surface area (Å²) in [6, 6.07) is 124. The fraction of sp³-hybridized carbons (Fsp3) is 0. The van der Waals surface area contributed by atoms with Gasteiger partial charge in [0.1, 0.15) is 0 Å². The van der Waals surface area contributed by atoms with Gasteiger partial charge in [-0.15, -0.1) is 0 Å². The van der Waals surface area contributed by atoms with E-state index in [2.05, 4.69) is 265 Å². The minimum Gasteiger partial charge on any atom is -0.423 e. The van der Waals surface area contributed by atoms with Gasteiger partial charge in [0.05, 0.1) is 0 Å². The first-order valence-electron chi connectivity index (χ1n) is 36.8. The Labute approximate surface area is 673 Å². The molecule has 0 atom stereocenters. The molecule has 0 fully saturated rings. The van der Waals surface area contributed by atoms with E-state index in [1.807, 2.05) is 140 Å². The van der Waals surface area contributed by atoms with Gasteiger partial charge in [-0.3, -0.25) is 15.0 Å². The minimum atomic E-state index is -1.43. The lowest BCUT2D eigenvalue weighted by Gasteiger charge is -2.14. The highest BCUT2D eigenvalue weighted by atomic mass is 79.9. The largest absolute Gasteiger partial charge is 0.488 e. The summed E-state index contributed by atoms with van der Waals surface area (Å²) < 4.78 is 1.93. The lowest BCUT2D eigenvalue weighted by Crippen LogP contribution is -2.29. The van der Waals surface area contributed by atoms with Gasteiger partial charge in [0.25, 0.3) is 0 Å². The van der Waals surface area contributed by atoms with Gasteiger partial charge in [0.15, 0.2) is 34.9 Å². The van der Waals surface area contributed by atoms with E-state index in [1.165, 1.54) is 0 Å². The van der Waals surface area contributed by atoms with E-state index in [0.29, 0.717) is 40.4 Å². The molecule has 14 heteroatoms. The predicted octanol–water partition coefficient (Wildman–Crippen LogP) is 23.8. The van der Waals surface area contributed by atoms with Gasteiger partial charge in [0.2, 0.25) is 0 Å². The summed E-state index contributed by atoms with van der Waals surface area (Å²) in [7, 11) is -1.43. The zero-order valence-electron chi connectivity index (χ0n) is 60.9. The van der Waals surface area contributed by atoms with Crippen LogP contribution in [0.2, 0.25) is 0 Å². The number of hydrogen-bond acceptors (Lipinski definition) is 11. The molecule has 0 amide bonds. The van der Waals surface area contributed by atoms with Crippen molar-refractivity contribution in [3.05, 3.63) is 410 Å². The number of aromatic nitrogens is 9. The third-order valence-electron chi connectivity index (χ3n) is 19.0. The minimum absolute atomic E-state index is 0.483. The number of pyridine rings is 3. The second kappa shape index (κ2) is 34.9. The van der Waals surface area contributed by atoms with Crippen LogP contribution in [0.5, 0.6) is 0 Å². The molecule has 2 N–H and O–H groups in total. The third kappa shape index (κ3) is 18.1. The van der Waals surface area contributed by atoms with Gasteiger partial charge < -0.3 is 10.0 Å². The molecular weight excluding hydrogens is 1520 g/mol. The molecule has 0 bridgehead atoms. The van der Waals surface area contributed by atoms with Crippen LogP contribution in [-0.2, 0) is 0 Å². The van der Waals surface area contributed by atoms with E-state index in [4.69, 9.17) is 40.0 Å². The highest BCUT2D eigenvalue weighted by Gasteiger charge is 2.20. The van der Waals surface area contributed by atoms with Crippen LogP contribution in [0.25, 0.3) is 168 Å². The monoisotopic (exact) mass is 1580 g/mol. The Morgan fingerprint density at radius 1 is 0.177 bits per heavy atom. The van der Waals surface area contributed by atoms with Gasteiger partial charge >= 0.3 is 7.12 Å². The van der Waals surface area contributed by atoms with Crippen molar-refractivity contribution in [3.8, 4) is 168 Å². The number of rotatable bonds is 16. The molecule has 538 valence electrons. The number of hydrogen-bond donors (Lipinski definition) is 2. The van der Waals surface area contributed by atoms with E-state index in [-0.39, 0.29) is 0 Å². The molecule has 5 aromatic heterocycles. The Balaban J connectivity index is 0.000000153. The summed E-state index contributed by atoms with van der Waals surface area (Å²) in [6.07, 6.45) is 10.8. The molecule has 0 saturated heterocycles. The average molecular weight is 1590 g/mol. The van der Waals surface area contributed by atoms with Crippen LogP contribution >= 0.6 is 31.9 Å². The van der Waals surface area contributed by atoms with E-state index in [1.54, 1.807) is 43.0 Å². The van der Waals surface area contributed by atoms with E-state index in [0.717, 1.165) is 142 Å². The van der Waals surface area contributed by atoms with Crippen LogP contribution < -0.4 is 5.46 Å². The van der Waals surface area contributed by atoms with Crippen molar-refractivity contribution < 1.29 is 10.0 Å². The van der Waals surface area contributed by atoms with Crippen molar-refractivity contribution >= 4 is 44.4 Å². The third-order valence-corrected chi connectivity index (χ3v) is 19.9. The molecule has 0 saturated carbocycles. The van der Waals surface area contributed by atoms with E-state index >= 15 is 0 Å². The number of benzene rings is 13. The van der Waals surface area contributed by atoms with Crippen molar-refractivity contribution in [2.45, 2.75) is 0 Å². The van der Waals surface area contributed by atoms with Crippen LogP contribution in [0.3, 0.4) is 0 Å². The standard InChI is InChI=1S/C55H37N5.C33H21Br2N3.C11H10BNO2/c1-4-14-38(15-5-1)47-30-49(43-22-10-20-41(28-43)45-24-12-26-56-36-45)34-51(32-47)54-58-53(40-18-8-3-9-19-40)59-55(60-54)52-33-48(39-16-6-2-7-17-39)31-50(35-52)44-23-11-21-42(29-44)46-25-13-27-57-37-46;34-29-18-25(22-10-4-1-5-11-22)16-27(20-29)32-36-31(24-14-8-3-9-15-24)37-33(38-32)28-17-26(19-30(35)21-28)23-12-6-2-7-13-23;14-12(15)11-5-1-3-9(7-11)10-4-2-6-13-8-10/h1-37H;1-21H;1-8,14-15H. The first kappa shape index (κ1) is 73.4. The molecule has 0 unspecified atom stereocenters. The lowest BCUT2D eigenvalue weighted by atomic mass is 9.79. The topological polar surface area (TPSA) is 156 Å². The second-order valence-electron chi connectivity index (χ2n) is 26.7. The Hall–Kier alpha value is -13.7. The molecule has 0 aliphatic heterocycles. The molecule has 0 spiro atoms. The lowest BCUT2D eigenvalue weighted by molar-refractivity contribution is 0.426. The van der Waals surface area contributed by atoms with Gasteiger partial charge in [-0.25, -0.2) is 29.9 Å². The quantitative estimate of drug-likeness (QED) is 0.0888. The fourth-order valence-electron chi connectivity index (χ4n) is 13.4. The number of nitrogens with zero attached hydrogens (tertiary/aromatic N) is 9. The zero-order valence-corrected chi connectivity index (χ0v) is 64.0. The molecule has 18 aromatic rings. The number of halogens is 2. The van der Waals surface area contributed by atoms with Gasteiger partial charge in [0, 0.05) is 90.6 Å². The van der Waals surface area contributed by atoms with Crippen molar-refractivity contribution in [2.24, 2.45) is 0 Å². The summed E-state index contributed by atoms with van der Waals surface area (Å²) in [5.41, 5.74) is 25.2. The van der Waals surface area contributed by atoms with Gasteiger partial charge in [-0.1, -0.05) is 293 Å². The van der Waals surface area contributed by atoms with Crippen molar-refractivity contribution in [3.63, 3.8) is 0 Å². The highest BCUT2D eigenvalue weighted by molar-refractivity contribution is 9.10. The second-order valence-corrected chi connectivity index (χ2v) is 28.6. The Morgan fingerprint density at radius 3 is 0.673 bits per heavy atom. The maximum atomic E-state index is 9.03. The normalized spacial score (nSPS) is 10.8. The summed E-state index contributed by atoms with van der Waals surface area (Å²) in [6.45, 7) is 0. The van der Waals surface area contributed by atoms with Crippen molar-refractivity contribution in [1.82, 2.24) is 44.9 Å². The summed E-state index contributed by atoms with van der Waals surface area (Å²) >= 11 is 7.40. The summed E-state index contributed by atoms with van der Waals surface area (Å²) in [5.74, 6) is 3.65. The van der Waals surface area contributed by atoms with Crippen LogP contribution in [0.1, 0.15) is 0 Å². The van der Waals surface area contributed by atoms with Crippen molar-refractivity contribution in [2.75, 3.05) is 0 Å². The molecule has 0 aliphatic carbocycles. The maximum Gasteiger partial charge on any atom is 0.488 e. The van der Waals surface area contributed by atoms with Crippen LogP contribution in [0.15, 0.2) is 410 Å². The Kier molecular flexibility index (Phi) is 22.7. The van der Waals surface area contributed by atoms with E-state index in [9.17, 15) is 0 Å². The maximum absolute atomic E-state index is 9.03. The van der Waals surface area contributed by atoms with Crippen LogP contribution in [-0.4, -0.2) is 62.0 Å². The SMILES string of the molecule is Brc1cc(-c2ccccc2)cc(-c2nc(-c3ccccc3)nc(-c3cc(Br)cc(-c4ccccc4)c3)n2)c1.OB(O)c1cccc(-c2cccnc2)c1.c1ccc(-c2cc(-c3cccc(-c4cccnc4)c3)cc(-c3nc(-c4ccccc4)nc(-c4cc(-c5ccccc5)cc(-c5cccc(-c6cccnc6)c5)c4)n3)c2)cc1. The Bertz CT molecular complexity index is 5990. The van der Waals surface area contributed by atoms with Gasteiger partial charge in [-0.2, -0.15) is 0 Å². The molecular formula is C99H68BBr2N9O2.